The van der Waals surface area contributed by atoms with Crippen molar-refractivity contribution in [3.63, 3.8) is 0 Å². The van der Waals surface area contributed by atoms with E-state index >= 15 is 0 Å². The van der Waals surface area contributed by atoms with Crippen LogP contribution in [0.25, 0.3) is 10.6 Å². The summed E-state index contributed by atoms with van der Waals surface area (Å²) in [7, 11) is 0. The fraction of sp³-hybridized carbons (Fsp3) is 0.667. The summed E-state index contributed by atoms with van der Waals surface area (Å²) >= 11 is 1.35. The summed E-state index contributed by atoms with van der Waals surface area (Å²) in [4.78, 5) is 11.3. The molecule has 6 nitrogen and oxygen atoms in total. The van der Waals surface area contributed by atoms with Crippen molar-refractivity contribution in [2.24, 2.45) is 16.7 Å². The van der Waals surface area contributed by atoms with Crippen molar-refractivity contribution in [2.45, 2.75) is 71.6 Å². The van der Waals surface area contributed by atoms with E-state index in [9.17, 15) is 23.4 Å². The van der Waals surface area contributed by atoms with Gasteiger partial charge in [0.25, 0.3) is 0 Å². The zero-order chi connectivity index (χ0) is 24.7. The highest BCUT2D eigenvalue weighted by atomic mass is 32.1. The molecule has 0 unspecified atom stereocenters. The van der Waals surface area contributed by atoms with E-state index in [4.69, 9.17) is 0 Å². The summed E-state index contributed by atoms with van der Waals surface area (Å²) in [5.41, 5.74) is -1.97. The van der Waals surface area contributed by atoms with Gasteiger partial charge in [0.1, 0.15) is 10.7 Å². The van der Waals surface area contributed by atoms with E-state index in [-0.39, 0.29) is 23.6 Å². The van der Waals surface area contributed by atoms with Crippen LogP contribution in [0.3, 0.4) is 0 Å². The normalized spacial score (nSPS) is 25.2. The first-order valence-corrected chi connectivity index (χ1v) is 12.3. The van der Waals surface area contributed by atoms with Crippen LogP contribution < -0.4 is 4.74 Å². The molecule has 188 valence electrons. The monoisotopic (exact) mass is 499 g/mol. The lowest BCUT2D eigenvalue weighted by atomic mass is 9.64. The molecule has 0 radical (unpaired) electrons. The minimum absolute atomic E-state index is 0.0953. The predicted molar refractivity (Wildman–Crippen MR) is 123 cm³/mol. The highest BCUT2D eigenvalue weighted by Crippen LogP contribution is 2.54. The third kappa shape index (κ3) is 5.72. The third-order valence-electron chi connectivity index (χ3n) is 7.04. The van der Waals surface area contributed by atoms with Crippen molar-refractivity contribution >= 4 is 11.3 Å². The number of rotatable bonds is 8. The summed E-state index contributed by atoms with van der Waals surface area (Å²) in [5, 5.41) is 21.3. The number of hydrogen-bond donors (Lipinski definition) is 2. The number of halogens is 3. The van der Waals surface area contributed by atoms with Gasteiger partial charge >= 0.3 is 6.61 Å². The second kappa shape index (κ2) is 9.37. The maximum atomic E-state index is 14.9. The van der Waals surface area contributed by atoms with Gasteiger partial charge in [-0.25, -0.2) is 14.4 Å². The molecule has 2 aromatic rings. The highest BCUT2D eigenvalue weighted by molar-refractivity contribution is 7.15. The zero-order valence-electron chi connectivity index (χ0n) is 19.7. The smallest absolute Gasteiger partial charge is 0.388 e. The van der Waals surface area contributed by atoms with E-state index in [1.165, 1.54) is 17.5 Å². The summed E-state index contributed by atoms with van der Waals surface area (Å²) in [6, 6.07) is 3.27. The maximum Gasteiger partial charge on any atom is 0.388 e. The standard InChI is InChI=1S/C24H32F3N3O3S/c1-22(2,3)15-9-23(20(31)32,13-24(27)6-7-24)14-30(11-15)12-16-10-29-19(34-16)17-5-4-8-28-18(17)33-21(25)26/h4-5,8,10,15,20-21,31-32H,6-7,9,11-14H2,1-3H3/t15-,23+/m1/s1. The quantitative estimate of drug-likeness (QED) is 0.505. The van der Waals surface area contributed by atoms with E-state index in [0.717, 1.165) is 11.4 Å². The molecule has 1 aliphatic carbocycles. The van der Waals surface area contributed by atoms with E-state index in [1.807, 2.05) is 0 Å². The van der Waals surface area contributed by atoms with Gasteiger partial charge in [-0.2, -0.15) is 8.78 Å². The van der Waals surface area contributed by atoms with Crippen molar-refractivity contribution in [3.05, 3.63) is 29.4 Å². The van der Waals surface area contributed by atoms with Crippen LogP contribution >= 0.6 is 11.3 Å². The summed E-state index contributed by atoms with van der Waals surface area (Å²) in [5.74, 6) is -0.0357. The van der Waals surface area contributed by atoms with Crippen LogP contribution in [0.5, 0.6) is 5.88 Å². The molecule has 2 atom stereocenters. The Kier molecular flexibility index (Phi) is 6.98. The molecule has 1 saturated heterocycles. The maximum absolute atomic E-state index is 14.9. The molecule has 2 N–H and O–H groups in total. The summed E-state index contributed by atoms with van der Waals surface area (Å²) in [6.45, 7) is 4.96. The van der Waals surface area contributed by atoms with Gasteiger partial charge in [-0.15, -0.1) is 11.3 Å². The minimum Gasteiger partial charge on any atom is -0.416 e. The Morgan fingerprint density at radius 1 is 1.26 bits per heavy atom. The highest BCUT2D eigenvalue weighted by Gasteiger charge is 2.55. The fourth-order valence-corrected chi connectivity index (χ4v) is 5.92. The molecule has 2 aromatic heterocycles. The number of alkyl halides is 3. The minimum atomic E-state index is -2.99. The molecule has 0 aromatic carbocycles. The number of aliphatic hydroxyl groups is 2. The molecule has 10 heteroatoms. The van der Waals surface area contributed by atoms with Gasteiger partial charge in [0.05, 0.1) is 5.56 Å². The van der Waals surface area contributed by atoms with Crippen LogP contribution in [0, 0.1) is 16.7 Å². The Labute approximate surface area is 201 Å². The van der Waals surface area contributed by atoms with E-state index in [2.05, 4.69) is 40.4 Å². The van der Waals surface area contributed by atoms with Gasteiger partial charge < -0.3 is 14.9 Å². The average Bonchev–Trinajstić information content (AvgIpc) is 3.27. The average molecular weight is 500 g/mol. The van der Waals surface area contributed by atoms with Crippen molar-refractivity contribution in [1.82, 2.24) is 14.9 Å². The second-order valence-corrected chi connectivity index (χ2v) is 12.0. The molecule has 1 aliphatic heterocycles. The lowest BCUT2D eigenvalue weighted by Crippen LogP contribution is -2.55. The van der Waals surface area contributed by atoms with Crippen molar-refractivity contribution in [1.29, 1.82) is 0 Å². The molecule has 34 heavy (non-hydrogen) atoms. The number of aromatic nitrogens is 2. The van der Waals surface area contributed by atoms with E-state index in [0.29, 0.717) is 42.9 Å². The first-order chi connectivity index (χ1) is 15.9. The molecule has 2 aliphatic rings. The molecule has 2 fully saturated rings. The molecule has 4 rings (SSSR count). The van der Waals surface area contributed by atoms with Gasteiger partial charge in [-0.3, -0.25) is 4.90 Å². The number of piperidine rings is 1. The molecule has 3 heterocycles. The zero-order valence-corrected chi connectivity index (χ0v) is 20.5. The number of ether oxygens (including phenoxy) is 1. The molecule has 1 saturated carbocycles. The second-order valence-electron chi connectivity index (χ2n) is 10.9. The van der Waals surface area contributed by atoms with Crippen LogP contribution in [0.15, 0.2) is 24.5 Å². The summed E-state index contributed by atoms with van der Waals surface area (Å²) < 4.78 is 44.9. The first kappa shape index (κ1) is 25.3. The molecular weight excluding hydrogens is 467 g/mol. The van der Waals surface area contributed by atoms with Crippen molar-refractivity contribution in [3.8, 4) is 16.5 Å². The third-order valence-corrected chi connectivity index (χ3v) is 8.05. The lowest BCUT2D eigenvalue weighted by molar-refractivity contribution is -0.183. The van der Waals surface area contributed by atoms with Gasteiger partial charge in [0.2, 0.25) is 5.88 Å². The Morgan fingerprint density at radius 3 is 2.62 bits per heavy atom. The van der Waals surface area contributed by atoms with Crippen molar-refractivity contribution < 1.29 is 28.1 Å². The van der Waals surface area contributed by atoms with Crippen LogP contribution in [0.2, 0.25) is 0 Å². The number of likely N-dealkylation sites (tertiary alicyclic amines) is 1. The topological polar surface area (TPSA) is 78.7 Å². The van der Waals surface area contributed by atoms with E-state index in [1.54, 1.807) is 18.3 Å². The van der Waals surface area contributed by atoms with Gasteiger partial charge in [-0.1, -0.05) is 20.8 Å². The fourth-order valence-electron chi connectivity index (χ4n) is 4.95. The lowest BCUT2D eigenvalue weighted by Gasteiger charge is -2.51. The van der Waals surface area contributed by atoms with Gasteiger partial charge in [-0.05, 0) is 49.1 Å². The number of pyridine rings is 1. The molecule has 0 amide bonds. The van der Waals surface area contributed by atoms with Gasteiger partial charge in [0, 0.05) is 42.3 Å². The summed E-state index contributed by atoms with van der Waals surface area (Å²) in [6.07, 6.45) is 3.08. The van der Waals surface area contributed by atoms with Crippen LogP contribution in [-0.4, -0.2) is 56.7 Å². The van der Waals surface area contributed by atoms with Gasteiger partial charge in [0.15, 0.2) is 6.29 Å². The number of aliphatic hydroxyl groups excluding tert-OH is 1. The number of hydrogen-bond acceptors (Lipinski definition) is 7. The van der Waals surface area contributed by atoms with Crippen LogP contribution in [0.4, 0.5) is 13.2 Å². The van der Waals surface area contributed by atoms with Crippen LogP contribution in [-0.2, 0) is 6.54 Å². The Bertz CT molecular complexity index is 993. The van der Waals surface area contributed by atoms with E-state index < -0.39 is 24.0 Å². The SMILES string of the molecule is CC(C)(C)[C@H]1CN(Cc2cnc(-c3cccnc3OC(F)F)s2)C[C@](CC2(F)CC2)(C(O)O)C1. The largest absolute Gasteiger partial charge is 0.416 e. The molecule has 0 spiro atoms. The number of nitrogens with zero attached hydrogens (tertiary/aromatic N) is 3. The Hall–Kier alpha value is -1.75. The Balaban J connectivity index is 1.57. The number of thiazole rings is 1. The predicted octanol–water partition coefficient (Wildman–Crippen LogP) is 4.86. The molecule has 0 bridgehead atoms. The van der Waals surface area contributed by atoms with Crippen LogP contribution in [0.1, 0.15) is 51.3 Å². The first-order valence-electron chi connectivity index (χ1n) is 11.5. The Morgan fingerprint density at radius 2 is 2.00 bits per heavy atom. The van der Waals surface area contributed by atoms with Crippen molar-refractivity contribution in [2.75, 3.05) is 13.1 Å². The molecular formula is C24H32F3N3O3S.